The van der Waals surface area contributed by atoms with E-state index in [0.29, 0.717) is 28.8 Å². The van der Waals surface area contributed by atoms with Crippen molar-refractivity contribution in [3.05, 3.63) is 66.0 Å². The van der Waals surface area contributed by atoms with Crippen LogP contribution in [-0.4, -0.2) is 39.5 Å². The van der Waals surface area contributed by atoms with Gasteiger partial charge in [0, 0.05) is 19.2 Å². The van der Waals surface area contributed by atoms with Gasteiger partial charge in [0.05, 0.1) is 12.1 Å². The predicted octanol–water partition coefficient (Wildman–Crippen LogP) is 3.07. The Bertz CT molecular complexity index is 994. The Labute approximate surface area is 171 Å². The van der Waals surface area contributed by atoms with E-state index in [9.17, 15) is 14.0 Å². The van der Waals surface area contributed by atoms with Crippen LogP contribution in [0.15, 0.2) is 59.8 Å². The molecule has 0 aliphatic carbocycles. The molecule has 0 fully saturated rings. The Balaban J connectivity index is 1.80. The van der Waals surface area contributed by atoms with Crippen LogP contribution in [0.3, 0.4) is 0 Å². The Hall–Kier alpha value is -3.20. The fourth-order valence-corrected chi connectivity index (χ4v) is 3.51. The van der Waals surface area contributed by atoms with Crippen LogP contribution in [0, 0.1) is 5.82 Å². The molecule has 1 heterocycles. The van der Waals surface area contributed by atoms with Crippen LogP contribution in [0.1, 0.15) is 12.0 Å². The van der Waals surface area contributed by atoms with Crippen LogP contribution in [0.2, 0.25) is 0 Å². The van der Waals surface area contributed by atoms with Crippen molar-refractivity contribution in [2.75, 3.05) is 12.8 Å². The highest BCUT2D eigenvalue weighted by atomic mass is 32.2. The molecule has 2 aromatic carbocycles. The van der Waals surface area contributed by atoms with Gasteiger partial charge in [-0.1, -0.05) is 54.2 Å². The monoisotopic (exact) mass is 413 g/mol. The molecule has 0 atom stereocenters. The van der Waals surface area contributed by atoms with Gasteiger partial charge in [0.1, 0.15) is 5.82 Å². The number of aromatic nitrogens is 3. The number of nitrogens with one attached hydrogen (secondary N) is 2. The molecule has 150 valence electrons. The molecule has 29 heavy (non-hydrogen) atoms. The number of hydrogen-bond donors (Lipinski definition) is 2. The zero-order valence-corrected chi connectivity index (χ0v) is 16.6. The van der Waals surface area contributed by atoms with Gasteiger partial charge in [0.15, 0.2) is 11.0 Å². The second-order valence-corrected chi connectivity index (χ2v) is 7.15. The molecule has 3 rings (SSSR count). The van der Waals surface area contributed by atoms with Crippen LogP contribution >= 0.6 is 11.8 Å². The number of nitrogens with zero attached hydrogens (tertiary/aromatic N) is 3. The molecular formula is C20H20FN5O2S. The van der Waals surface area contributed by atoms with Crippen molar-refractivity contribution in [3.63, 3.8) is 0 Å². The Morgan fingerprint density at radius 1 is 1.07 bits per heavy atom. The maximum Gasteiger partial charge on any atom is 0.321 e. The normalized spacial score (nSPS) is 10.6. The lowest BCUT2D eigenvalue weighted by Gasteiger charge is -2.11. The van der Waals surface area contributed by atoms with Gasteiger partial charge in [-0.05, 0) is 17.7 Å². The SMILES string of the molecule is CNC(=O)NC(=O)CCSc1nnc(-c2ccccc2F)n1Cc1ccccc1. The van der Waals surface area contributed by atoms with Crippen molar-refractivity contribution in [2.45, 2.75) is 18.1 Å². The summed E-state index contributed by atoms with van der Waals surface area (Å²) in [6.45, 7) is 0.463. The summed E-state index contributed by atoms with van der Waals surface area (Å²) in [6.07, 6.45) is 0.130. The van der Waals surface area contributed by atoms with Crippen molar-refractivity contribution in [1.29, 1.82) is 0 Å². The topological polar surface area (TPSA) is 88.9 Å². The van der Waals surface area contributed by atoms with Gasteiger partial charge < -0.3 is 5.32 Å². The summed E-state index contributed by atoms with van der Waals surface area (Å²) >= 11 is 1.33. The molecule has 7 nitrogen and oxygen atoms in total. The quantitative estimate of drug-likeness (QED) is 0.581. The third-order valence-electron chi connectivity index (χ3n) is 4.06. The van der Waals surface area contributed by atoms with Crippen molar-refractivity contribution in [3.8, 4) is 11.4 Å². The summed E-state index contributed by atoms with van der Waals surface area (Å²) in [5.41, 5.74) is 1.38. The van der Waals surface area contributed by atoms with Gasteiger partial charge in [-0.15, -0.1) is 10.2 Å². The number of carbonyl (C=O) groups excluding carboxylic acids is 2. The number of amides is 3. The van der Waals surface area contributed by atoms with Crippen LogP contribution < -0.4 is 10.6 Å². The number of thioether (sulfide) groups is 1. The van der Waals surface area contributed by atoms with Crippen LogP contribution in [0.5, 0.6) is 0 Å². The first-order valence-electron chi connectivity index (χ1n) is 8.95. The zero-order chi connectivity index (χ0) is 20.6. The zero-order valence-electron chi connectivity index (χ0n) is 15.8. The van der Waals surface area contributed by atoms with Crippen molar-refractivity contribution in [2.24, 2.45) is 0 Å². The van der Waals surface area contributed by atoms with E-state index in [-0.39, 0.29) is 18.1 Å². The molecule has 0 aliphatic heterocycles. The summed E-state index contributed by atoms with van der Waals surface area (Å²) in [4.78, 5) is 23.0. The number of imide groups is 1. The molecule has 1 aromatic heterocycles. The molecule has 0 unspecified atom stereocenters. The number of rotatable bonds is 7. The van der Waals surface area contributed by atoms with E-state index >= 15 is 0 Å². The van der Waals surface area contributed by atoms with Gasteiger partial charge in [-0.2, -0.15) is 0 Å². The van der Waals surface area contributed by atoms with E-state index in [1.54, 1.807) is 18.2 Å². The predicted molar refractivity (Wildman–Crippen MR) is 109 cm³/mol. The number of urea groups is 1. The minimum atomic E-state index is -0.547. The summed E-state index contributed by atoms with van der Waals surface area (Å²) in [5, 5.41) is 13.5. The van der Waals surface area contributed by atoms with Gasteiger partial charge in [0.2, 0.25) is 5.91 Å². The molecule has 0 saturated carbocycles. The van der Waals surface area contributed by atoms with Crippen molar-refractivity contribution < 1.29 is 14.0 Å². The van der Waals surface area contributed by atoms with Crippen LogP contribution in [-0.2, 0) is 11.3 Å². The average molecular weight is 413 g/mol. The Morgan fingerprint density at radius 3 is 2.52 bits per heavy atom. The molecule has 0 bridgehead atoms. The van der Waals surface area contributed by atoms with Gasteiger partial charge >= 0.3 is 6.03 Å². The first-order valence-corrected chi connectivity index (χ1v) is 9.93. The van der Waals surface area contributed by atoms with E-state index in [0.717, 1.165) is 5.56 Å². The van der Waals surface area contributed by atoms with Crippen molar-refractivity contribution >= 4 is 23.7 Å². The number of carbonyl (C=O) groups is 2. The maximum absolute atomic E-state index is 14.3. The Kier molecular flexibility index (Phi) is 6.96. The van der Waals surface area contributed by atoms with E-state index in [4.69, 9.17) is 0 Å². The van der Waals surface area contributed by atoms with E-state index < -0.39 is 6.03 Å². The highest BCUT2D eigenvalue weighted by Crippen LogP contribution is 2.27. The number of benzene rings is 2. The lowest BCUT2D eigenvalue weighted by molar-refractivity contribution is -0.119. The molecule has 0 aliphatic rings. The third-order valence-corrected chi connectivity index (χ3v) is 5.02. The standard InChI is InChI=1S/C20H20FN5O2S/c1-22-19(28)23-17(27)11-12-29-20-25-24-18(15-9-5-6-10-16(15)21)26(20)13-14-7-3-2-4-8-14/h2-10H,11-13H2,1H3,(H2,22,23,27,28). The number of halogens is 1. The third kappa shape index (κ3) is 5.41. The summed E-state index contributed by atoms with van der Waals surface area (Å²) < 4.78 is 16.2. The second kappa shape index (κ2) is 9.83. The largest absolute Gasteiger partial charge is 0.341 e. The first kappa shape index (κ1) is 20.5. The van der Waals surface area contributed by atoms with E-state index in [2.05, 4.69) is 20.8 Å². The second-order valence-electron chi connectivity index (χ2n) is 6.08. The van der Waals surface area contributed by atoms with E-state index in [1.807, 2.05) is 34.9 Å². The van der Waals surface area contributed by atoms with Gasteiger partial charge in [-0.25, -0.2) is 9.18 Å². The molecule has 0 radical (unpaired) electrons. The fraction of sp³-hybridized carbons (Fsp3) is 0.200. The van der Waals surface area contributed by atoms with Gasteiger partial charge in [-0.3, -0.25) is 14.7 Å². The molecular weight excluding hydrogens is 393 g/mol. The summed E-state index contributed by atoms with van der Waals surface area (Å²) in [6, 6.07) is 15.6. The van der Waals surface area contributed by atoms with Crippen LogP contribution in [0.4, 0.5) is 9.18 Å². The van der Waals surface area contributed by atoms with E-state index in [1.165, 1.54) is 24.9 Å². The minimum Gasteiger partial charge on any atom is -0.341 e. The van der Waals surface area contributed by atoms with Crippen molar-refractivity contribution in [1.82, 2.24) is 25.4 Å². The number of hydrogen-bond acceptors (Lipinski definition) is 5. The molecule has 3 amide bonds. The molecule has 9 heteroatoms. The Morgan fingerprint density at radius 2 is 1.79 bits per heavy atom. The molecule has 2 N–H and O–H groups in total. The molecule has 0 saturated heterocycles. The summed E-state index contributed by atoms with van der Waals surface area (Å²) in [5.74, 6) is 0.0489. The lowest BCUT2D eigenvalue weighted by Crippen LogP contribution is -2.37. The fourth-order valence-electron chi connectivity index (χ4n) is 2.63. The first-order chi connectivity index (χ1) is 14.1. The highest BCUT2D eigenvalue weighted by Gasteiger charge is 2.18. The summed E-state index contributed by atoms with van der Waals surface area (Å²) in [7, 11) is 1.44. The lowest BCUT2D eigenvalue weighted by atomic mass is 10.2. The minimum absolute atomic E-state index is 0.130. The van der Waals surface area contributed by atoms with Crippen LogP contribution in [0.25, 0.3) is 11.4 Å². The maximum atomic E-state index is 14.3. The smallest absolute Gasteiger partial charge is 0.321 e. The van der Waals surface area contributed by atoms with Gasteiger partial charge in [0.25, 0.3) is 0 Å². The highest BCUT2D eigenvalue weighted by molar-refractivity contribution is 7.99. The average Bonchev–Trinajstić information content (AvgIpc) is 3.11. The molecule has 0 spiro atoms. The molecule has 3 aromatic rings.